The zero-order valence-electron chi connectivity index (χ0n) is 18.3. The number of esters is 1. The van der Waals surface area contributed by atoms with Gasteiger partial charge in [-0.15, -0.1) is 0 Å². The molecule has 0 bridgehead atoms. The lowest BCUT2D eigenvalue weighted by Crippen LogP contribution is -2.36. The minimum atomic E-state index is -0.421. The number of carbonyl (C=O) groups is 2. The zero-order valence-corrected chi connectivity index (χ0v) is 18.3. The predicted octanol–water partition coefficient (Wildman–Crippen LogP) is 4.13. The van der Waals surface area contributed by atoms with Gasteiger partial charge in [-0.05, 0) is 56.7 Å². The van der Waals surface area contributed by atoms with E-state index in [2.05, 4.69) is 10.2 Å². The van der Waals surface area contributed by atoms with Crippen molar-refractivity contribution >= 4 is 23.3 Å². The van der Waals surface area contributed by atoms with Crippen molar-refractivity contribution < 1.29 is 23.8 Å². The molecule has 3 rings (SSSR count). The molecule has 1 aliphatic rings. The molecule has 1 fully saturated rings. The maximum absolute atomic E-state index is 13.0. The third-order valence-corrected chi connectivity index (χ3v) is 5.12. The van der Waals surface area contributed by atoms with Gasteiger partial charge >= 0.3 is 5.97 Å². The Morgan fingerprint density at radius 1 is 1.10 bits per heavy atom. The molecule has 166 valence electrons. The molecule has 2 aromatic rings. The van der Waals surface area contributed by atoms with Gasteiger partial charge in [0.15, 0.2) is 0 Å². The van der Waals surface area contributed by atoms with E-state index in [4.69, 9.17) is 14.2 Å². The fraction of sp³-hybridized carbons (Fsp3) is 0.417. The van der Waals surface area contributed by atoms with Crippen LogP contribution < -0.4 is 15.0 Å². The van der Waals surface area contributed by atoms with Gasteiger partial charge in [0.2, 0.25) is 0 Å². The van der Waals surface area contributed by atoms with Crippen molar-refractivity contribution in [3.63, 3.8) is 0 Å². The Hall–Kier alpha value is -3.06. The van der Waals surface area contributed by atoms with Gasteiger partial charge in [0, 0.05) is 18.7 Å². The van der Waals surface area contributed by atoms with Gasteiger partial charge in [-0.2, -0.15) is 0 Å². The number of amides is 1. The van der Waals surface area contributed by atoms with E-state index in [-0.39, 0.29) is 18.6 Å². The molecule has 1 unspecified atom stereocenters. The highest BCUT2D eigenvalue weighted by molar-refractivity contribution is 6.07. The minimum Gasteiger partial charge on any atom is -0.491 e. The van der Waals surface area contributed by atoms with Crippen LogP contribution in [0.25, 0.3) is 0 Å². The molecule has 7 nitrogen and oxygen atoms in total. The number of nitrogens with zero attached hydrogens (tertiary/aromatic N) is 1. The highest BCUT2D eigenvalue weighted by Gasteiger charge is 2.19. The first-order valence-electron chi connectivity index (χ1n) is 10.7. The van der Waals surface area contributed by atoms with Crippen LogP contribution >= 0.6 is 0 Å². The largest absolute Gasteiger partial charge is 0.491 e. The number of ether oxygens (including phenoxy) is 3. The summed E-state index contributed by atoms with van der Waals surface area (Å²) in [6, 6.07) is 12.3. The summed E-state index contributed by atoms with van der Waals surface area (Å²) in [7, 11) is 0. The van der Waals surface area contributed by atoms with Crippen LogP contribution in [0.1, 0.15) is 47.9 Å². The lowest BCUT2D eigenvalue weighted by atomic mass is 10.1. The Labute approximate surface area is 183 Å². The monoisotopic (exact) mass is 426 g/mol. The summed E-state index contributed by atoms with van der Waals surface area (Å²) in [6.07, 6.45) is 0.937. The minimum absolute atomic E-state index is 0.0625. The average molecular weight is 427 g/mol. The predicted molar refractivity (Wildman–Crippen MR) is 120 cm³/mol. The maximum atomic E-state index is 13.0. The van der Waals surface area contributed by atoms with Crippen molar-refractivity contribution in [2.24, 2.45) is 0 Å². The molecule has 1 aliphatic heterocycles. The SMILES string of the molecule is CCOC(=O)c1ccc(N2CCOCC2)c(NC(=O)c2cccc(OC(C)CC)c2)c1. The lowest BCUT2D eigenvalue weighted by molar-refractivity contribution is 0.0526. The number of carbonyl (C=O) groups excluding carboxylic acids is 2. The molecule has 1 amide bonds. The number of nitrogens with one attached hydrogen (secondary N) is 1. The molecule has 31 heavy (non-hydrogen) atoms. The second-order valence-electron chi connectivity index (χ2n) is 7.37. The molecule has 0 aromatic heterocycles. The Kier molecular flexibility index (Phi) is 7.89. The van der Waals surface area contributed by atoms with E-state index in [0.717, 1.165) is 12.1 Å². The Morgan fingerprint density at radius 2 is 1.87 bits per heavy atom. The molecule has 1 heterocycles. The van der Waals surface area contributed by atoms with Crippen LogP contribution in [0.2, 0.25) is 0 Å². The first-order chi connectivity index (χ1) is 15.0. The molecular weight excluding hydrogens is 396 g/mol. The molecule has 2 aromatic carbocycles. The van der Waals surface area contributed by atoms with E-state index in [1.54, 1.807) is 37.3 Å². The second kappa shape index (κ2) is 10.8. The Balaban J connectivity index is 1.87. The van der Waals surface area contributed by atoms with Gasteiger partial charge in [-0.1, -0.05) is 13.0 Å². The van der Waals surface area contributed by atoms with Crippen molar-refractivity contribution in [1.82, 2.24) is 0 Å². The van der Waals surface area contributed by atoms with Crippen LogP contribution in [-0.4, -0.2) is 50.9 Å². The average Bonchev–Trinajstić information content (AvgIpc) is 2.80. The van der Waals surface area contributed by atoms with E-state index in [9.17, 15) is 9.59 Å². The number of hydrogen-bond acceptors (Lipinski definition) is 6. The summed E-state index contributed by atoms with van der Waals surface area (Å²) in [6.45, 7) is 8.72. The standard InChI is InChI=1S/C24H30N2O5/c1-4-17(3)31-20-8-6-7-18(15-20)23(27)25-21-16-19(24(28)30-5-2)9-10-22(21)26-11-13-29-14-12-26/h6-10,15-17H,4-5,11-14H2,1-3H3,(H,25,27). The number of anilines is 2. The smallest absolute Gasteiger partial charge is 0.338 e. The van der Waals surface area contributed by atoms with E-state index < -0.39 is 5.97 Å². The van der Waals surface area contributed by atoms with Crippen LogP contribution in [0.5, 0.6) is 5.75 Å². The van der Waals surface area contributed by atoms with Gasteiger partial charge in [0.25, 0.3) is 5.91 Å². The van der Waals surface area contributed by atoms with Crippen molar-refractivity contribution in [3.8, 4) is 5.75 Å². The fourth-order valence-corrected chi connectivity index (χ4v) is 3.28. The first kappa shape index (κ1) is 22.6. The number of rotatable bonds is 8. The van der Waals surface area contributed by atoms with E-state index in [0.29, 0.717) is 48.9 Å². The van der Waals surface area contributed by atoms with Crippen molar-refractivity contribution in [1.29, 1.82) is 0 Å². The molecule has 0 saturated carbocycles. The number of morpholine rings is 1. The third-order valence-electron chi connectivity index (χ3n) is 5.12. The van der Waals surface area contributed by atoms with Crippen LogP contribution in [0.3, 0.4) is 0 Å². The highest BCUT2D eigenvalue weighted by atomic mass is 16.5. The molecule has 1 saturated heterocycles. The van der Waals surface area contributed by atoms with Gasteiger partial charge in [-0.25, -0.2) is 4.79 Å². The van der Waals surface area contributed by atoms with E-state index in [1.807, 2.05) is 26.0 Å². The van der Waals surface area contributed by atoms with Crippen LogP contribution in [0.15, 0.2) is 42.5 Å². The molecule has 0 radical (unpaired) electrons. The zero-order chi connectivity index (χ0) is 22.2. The Morgan fingerprint density at radius 3 is 2.58 bits per heavy atom. The lowest BCUT2D eigenvalue weighted by Gasteiger charge is -2.30. The highest BCUT2D eigenvalue weighted by Crippen LogP contribution is 2.29. The molecule has 1 N–H and O–H groups in total. The summed E-state index contributed by atoms with van der Waals surface area (Å²) in [5.41, 5.74) is 2.28. The van der Waals surface area contributed by atoms with Gasteiger partial charge < -0.3 is 24.4 Å². The second-order valence-corrected chi connectivity index (χ2v) is 7.37. The fourth-order valence-electron chi connectivity index (χ4n) is 3.28. The molecule has 7 heteroatoms. The van der Waals surface area contributed by atoms with Gasteiger partial charge in [-0.3, -0.25) is 4.79 Å². The first-order valence-corrected chi connectivity index (χ1v) is 10.7. The molecule has 1 atom stereocenters. The summed E-state index contributed by atoms with van der Waals surface area (Å²) in [5, 5.41) is 2.97. The molecular formula is C24H30N2O5. The van der Waals surface area contributed by atoms with Gasteiger partial charge in [0.1, 0.15) is 5.75 Å². The van der Waals surface area contributed by atoms with Crippen molar-refractivity contribution in [2.75, 3.05) is 43.1 Å². The number of hydrogen-bond donors (Lipinski definition) is 1. The quantitative estimate of drug-likeness (QED) is 0.640. The topological polar surface area (TPSA) is 77.1 Å². The summed E-state index contributed by atoms with van der Waals surface area (Å²) in [5.74, 6) is -0.0451. The van der Waals surface area contributed by atoms with Crippen LogP contribution in [0, 0.1) is 0 Å². The maximum Gasteiger partial charge on any atom is 0.338 e. The van der Waals surface area contributed by atoms with E-state index >= 15 is 0 Å². The van der Waals surface area contributed by atoms with Gasteiger partial charge in [0.05, 0.1) is 42.9 Å². The van der Waals surface area contributed by atoms with Crippen LogP contribution in [0.4, 0.5) is 11.4 Å². The molecule has 0 aliphatic carbocycles. The van der Waals surface area contributed by atoms with Crippen LogP contribution in [-0.2, 0) is 9.47 Å². The van der Waals surface area contributed by atoms with Crippen molar-refractivity contribution in [2.45, 2.75) is 33.3 Å². The summed E-state index contributed by atoms with van der Waals surface area (Å²) < 4.78 is 16.4. The van der Waals surface area contributed by atoms with Crippen molar-refractivity contribution in [3.05, 3.63) is 53.6 Å². The number of benzene rings is 2. The summed E-state index contributed by atoms with van der Waals surface area (Å²) >= 11 is 0. The normalized spacial score (nSPS) is 14.6. The van der Waals surface area contributed by atoms with E-state index in [1.165, 1.54) is 0 Å². The Bertz CT molecular complexity index is 909. The third kappa shape index (κ3) is 5.98. The summed E-state index contributed by atoms with van der Waals surface area (Å²) in [4.78, 5) is 27.4. The molecule has 0 spiro atoms.